The average molecular weight is 238 g/mol. The molecule has 0 spiro atoms. The molecule has 0 bridgehead atoms. The van der Waals surface area contributed by atoms with Crippen LogP contribution in [0.3, 0.4) is 0 Å². The van der Waals surface area contributed by atoms with Crippen molar-refractivity contribution < 1.29 is 4.79 Å². The summed E-state index contributed by atoms with van der Waals surface area (Å²) in [6.07, 6.45) is 4.75. The number of anilines is 1. The Morgan fingerprint density at radius 3 is 2.82 bits per heavy atom. The first-order chi connectivity index (χ1) is 8.06. The van der Waals surface area contributed by atoms with Crippen LogP contribution in [0, 0.1) is 5.92 Å². The number of amides is 1. The van der Waals surface area contributed by atoms with Crippen molar-refractivity contribution in [3.63, 3.8) is 0 Å². The predicted molar refractivity (Wildman–Crippen MR) is 68.8 cm³/mol. The molecule has 5 nitrogen and oxygen atoms in total. The molecule has 0 aromatic carbocycles. The molecular formula is C12H22N4O. The molecule has 1 aromatic heterocycles. The molecule has 0 fully saturated rings. The Hall–Kier alpha value is -1.52. The van der Waals surface area contributed by atoms with Crippen molar-refractivity contribution in [1.29, 1.82) is 0 Å². The lowest BCUT2D eigenvalue weighted by Gasteiger charge is -2.19. The highest BCUT2D eigenvalue weighted by molar-refractivity contribution is 5.75. The maximum absolute atomic E-state index is 11.2. The summed E-state index contributed by atoms with van der Waals surface area (Å²) in [5.41, 5.74) is 0.960. The zero-order valence-electron chi connectivity index (χ0n) is 11.0. The molecule has 0 saturated carbocycles. The van der Waals surface area contributed by atoms with Crippen LogP contribution < -0.4 is 10.6 Å². The normalized spacial score (nSPS) is 14.1. The van der Waals surface area contributed by atoms with Gasteiger partial charge in [-0.25, -0.2) is 0 Å². The number of aromatic nitrogens is 2. The maximum Gasteiger partial charge on any atom is 0.241 e. The quantitative estimate of drug-likeness (QED) is 0.789. The Kier molecular flexibility index (Phi) is 5.00. The van der Waals surface area contributed by atoms with Crippen LogP contribution in [0.5, 0.6) is 0 Å². The first-order valence-corrected chi connectivity index (χ1v) is 6.06. The minimum absolute atomic E-state index is 0.0466. The van der Waals surface area contributed by atoms with Crippen molar-refractivity contribution in [2.24, 2.45) is 5.92 Å². The lowest BCUT2D eigenvalue weighted by molar-refractivity contribution is -0.121. The van der Waals surface area contributed by atoms with Crippen LogP contribution in [-0.4, -0.2) is 28.8 Å². The minimum atomic E-state index is -0.0466. The minimum Gasteiger partial charge on any atom is -0.380 e. The molecular weight excluding hydrogens is 216 g/mol. The second-order valence-electron chi connectivity index (χ2n) is 4.42. The van der Waals surface area contributed by atoms with Gasteiger partial charge in [0, 0.05) is 19.3 Å². The second kappa shape index (κ2) is 6.27. The molecule has 1 rings (SSSR count). The summed E-state index contributed by atoms with van der Waals surface area (Å²) < 4.78 is 1.63. The van der Waals surface area contributed by atoms with E-state index in [9.17, 15) is 4.79 Å². The van der Waals surface area contributed by atoms with E-state index < -0.39 is 0 Å². The van der Waals surface area contributed by atoms with Gasteiger partial charge in [0.2, 0.25) is 5.91 Å². The Balaban J connectivity index is 2.53. The standard InChI is InChI=1S/C12H22N4O/c1-5-9(2)10(3)15-11-6-14-16(7-11)8-12(17)13-4/h6-7,9-10,15H,5,8H2,1-4H3,(H,13,17). The predicted octanol–water partition coefficient (Wildman–Crippen LogP) is 1.48. The Morgan fingerprint density at radius 1 is 1.53 bits per heavy atom. The van der Waals surface area contributed by atoms with Crippen molar-refractivity contribution in [2.75, 3.05) is 12.4 Å². The zero-order valence-corrected chi connectivity index (χ0v) is 11.0. The topological polar surface area (TPSA) is 59.0 Å². The van der Waals surface area contributed by atoms with E-state index >= 15 is 0 Å². The van der Waals surface area contributed by atoms with Crippen molar-refractivity contribution in [3.05, 3.63) is 12.4 Å². The smallest absolute Gasteiger partial charge is 0.241 e. The molecule has 1 amide bonds. The van der Waals surface area contributed by atoms with Gasteiger partial charge in [0.05, 0.1) is 11.9 Å². The molecule has 0 aliphatic carbocycles. The van der Waals surface area contributed by atoms with Crippen LogP contribution in [0.2, 0.25) is 0 Å². The Morgan fingerprint density at radius 2 is 2.24 bits per heavy atom. The van der Waals surface area contributed by atoms with Gasteiger partial charge in [-0.05, 0) is 12.8 Å². The summed E-state index contributed by atoms with van der Waals surface area (Å²) in [6, 6.07) is 0.401. The summed E-state index contributed by atoms with van der Waals surface area (Å²) in [7, 11) is 1.62. The average Bonchev–Trinajstić information content (AvgIpc) is 2.75. The number of hydrogen-bond donors (Lipinski definition) is 2. The van der Waals surface area contributed by atoms with Gasteiger partial charge in [-0.2, -0.15) is 5.10 Å². The highest BCUT2D eigenvalue weighted by Crippen LogP contribution is 2.13. The zero-order chi connectivity index (χ0) is 12.8. The summed E-state index contributed by atoms with van der Waals surface area (Å²) in [5.74, 6) is 0.562. The second-order valence-corrected chi connectivity index (χ2v) is 4.42. The molecule has 0 aliphatic heterocycles. The fourth-order valence-corrected chi connectivity index (χ4v) is 1.51. The molecule has 0 saturated heterocycles. The van der Waals surface area contributed by atoms with E-state index in [0.717, 1.165) is 12.1 Å². The number of rotatable bonds is 6. The van der Waals surface area contributed by atoms with Gasteiger partial charge in [0.15, 0.2) is 0 Å². The number of carbonyl (C=O) groups excluding carboxylic acids is 1. The van der Waals surface area contributed by atoms with Gasteiger partial charge >= 0.3 is 0 Å². The van der Waals surface area contributed by atoms with Crippen LogP contribution in [0.15, 0.2) is 12.4 Å². The molecule has 2 N–H and O–H groups in total. The van der Waals surface area contributed by atoms with E-state index in [1.165, 1.54) is 0 Å². The first-order valence-electron chi connectivity index (χ1n) is 6.06. The summed E-state index contributed by atoms with van der Waals surface area (Å²) in [4.78, 5) is 11.2. The highest BCUT2D eigenvalue weighted by Gasteiger charge is 2.11. The third kappa shape index (κ3) is 4.09. The van der Waals surface area contributed by atoms with Gasteiger partial charge < -0.3 is 10.6 Å². The lowest BCUT2D eigenvalue weighted by atomic mass is 10.0. The van der Waals surface area contributed by atoms with Crippen molar-refractivity contribution in [1.82, 2.24) is 15.1 Å². The number of carbonyl (C=O) groups is 1. The monoisotopic (exact) mass is 238 g/mol. The number of hydrogen-bond acceptors (Lipinski definition) is 3. The fourth-order valence-electron chi connectivity index (χ4n) is 1.51. The van der Waals surface area contributed by atoms with Gasteiger partial charge in [-0.1, -0.05) is 20.3 Å². The van der Waals surface area contributed by atoms with Crippen LogP contribution in [0.4, 0.5) is 5.69 Å². The molecule has 2 unspecified atom stereocenters. The summed E-state index contributed by atoms with van der Waals surface area (Å²) in [6.45, 7) is 6.81. The number of nitrogens with zero attached hydrogens (tertiary/aromatic N) is 2. The van der Waals surface area contributed by atoms with Crippen molar-refractivity contribution in [2.45, 2.75) is 39.8 Å². The first kappa shape index (κ1) is 13.5. The molecule has 2 atom stereocenters. The van der Waals surface area contributed by atoms with Gasteiger partial charge in [-0.15, -0.1) is 0 Å². The van der Waals surface area contributed by atoms with E-state index in [-0.39, 0.29) is 12.5 Å². The molecule has 0 aliphatic rings. The Bertz CT molecular complexity index is 361. The van der Waals surface area contributed by atoms with E-state index in [4.69, 9.17) is 0 Å². The molecule has 1 heterocycles. The molecule has 1 aromatic rings. The summed E-state index contributed by atoms with van der Waals surface area (Å²) >= 11 is 0. The van der Waals surface area contributed by atoms with Crippen LogP contribution in [-0.2, 0) is 11.3 Å². The SMILES string of the molecule is CCC(C)C(C)Nc1cnn(CC(=O)NC)c1. The highest BCUT2D eigenvalue weighted by atomic mass is 16.1. The Labute approximate surface area is 103 Å². The lowest BCUT2D eigenvalue weighted by Crippen LogP contribution is -2.24. The molecule has 96 valence electrons. The van der Waals surface area contributed by atoms with Gasteiger partial charge in [0.25, 0.3) is 0 Å². The summed E-state index contributed by atoms with van der Waals surface area (Å²) in [5, 5.41) is 10.1. The molecule has 5 heteroatoms. The molecule has 0 radical (unpaired) electrons. The van der Waals surface area contributed by atoms with Crippen LogP contribution in [0.25, 0.3) is 0 Å². The molecule has 17 heavy (non-hydrogen) atoms. The largest absolute Gasteiger partial charge is 0.380 e. The van der Waals surface area contributed by atoms with Crippen molar-refractivity contribution in [3.8, 4) is 0 Å². The van der Waals surface area contributed by atoms with E-state index in [0.29, 0.717) is 12.0 Å². The number of likely N-dealkylation sites (N-methyl/N-ethyl adjacent to an activating group) is 1. The van der Waals surface area contributed by atoms with Gasteiger partial charge in [-0.3, -0.25) is 9.48 Å². The third-order valence-electron chi connectivity index (χ3n) is 3.11. The van der Waals surface area contributed by atoms with E-state index in [1.54, 1.807) is 17.9 Å². The third-order valence-corrected chi connectivity index (χ3v) is 3.11. The van der Waals surface area contributed by atoms with Crippen molar-refractivity contribution >= 4 is 11.6 Å². The van der Waals surface area contributed by atoms with E-state index in [1.807, 2.05) is 6.20 Å². The fraction of sp³-hybridized carbons (Fsp3) is 0.667. The van der Waals surface area contributed by atoms with E-state index in [2.05, 4.69) is 36.5 Å². The van der Waals surface area contributed by atoms with Gasteiger partial charge in [0.1, 0.15) is 6.54 Å². The number of nitrogens with one attached hydrogen (secondary N) is 2. The maximum atomic E-state index is 11.2. The van der Waals surface area contributed by atoms with Crippen LogP contribution in [0.1, 0.15) is 27.2 Å². The van der Waals surface area contributed by atoms with Crippen LogP contribution >= 0.6 is 0 Å².